The normalized spacial score (nSPS) is 10.2. The van der Waals surface area contributed by atoms with E-state index in [-0.39, 0.29) is 23.3 Å². The molecule has 0 radical (unpaired) electrons. The number of hydrogen-bond acceptors (Lipinski definition) is 8. The number of esters is 2. The van der Waals surface area contributed by atoms with Crippen LogP contribution < -0.4 is 0 Å². The van der Waals surface area contributed by atoms with E-state index in [0.29, 0.717) is 6.42 Å². The van der Waals surface area contributed by atoms with Crippen molar-refractivity contribution in [1.82, 2.24) is 0 Å². The fourth-order valence-electron chi connectivity index (χ4n) is 2.29. The van der Waals surface area contributed by atoms with E-state index < -0.39 is 39.8 Å². The summed E-state index contributed by atoms with van der Waals surface area (Å²) in [6.07, 6.45) is 0.615. The Labute approximate surface area is 159 Å². The summed E-state index contributed by atoms with van der Waals surface area (Å²) in [5.41, 5.74) is -0.942. The number of benzene rings is 2. The van der Waals surface area contributed by atoms with Gasteiger partial charge in [0.15, 0.2) is 0 Å². The number of non-ortho nitro benzene ring substituents is 2. The van der Waals surface area contributed by atoms with Crippen molar-refractivity contribution in [3.05, 3.63) is 79.4 Å². The maximum absolute atomic E-state index is 12.4. The molecule has 0 aliphatic heterocycles. The van der Waals surface area contributed by atoms with Crippen LogP contribution in [-0.4, -0.2) is 28.4 Å². The van der Waals surface area contributed by atoms with Crippen LogP contribution in [0.5, 0.6) is 0 Å². The quantitative estimate of drug-likeness (QED) is 0.381. The molecule has 0 heterocycles. The average molecular weight is 388 g/mol. The number of hydrogen-bond donors (Lipinski definition) is 0. The number of nitro groups is 2. The van der Waals surface area contributed by atoms with Gasteiger partial charge in [-0.15, -0.1) is 0 Å². The van der Waals surface area contributed by atoms with E-state index in [1.807, 2.05) is 6.92 Å². The maximum Gasteiger partial charge on any atom is 0.339 e. The molecular formula is C18H16N2O8. The van der Waals surface area contributed by atoms with Crippen LogP contribution in [0.1, 0.15) is 39.6 Å². The molecule has 10 nitrogen and oxygen atoms in total. The lowest BCUT2D eigenvalue weighted by Gasteiger charge is -2.09. The molecule has 10 heteroatoms. The second kappa shape index (κ2) is 9.21. The van der Waals surface area contributed by atoms with Gasteiger partial charge in [0.2, 0.25) is 0 Å². The highest BCUT2D eigenvalue weighted by molar-refractivity contribution is 6.03. The summed E-state index contributed by atoms with van der Waals surface area (Å²) in [7, 11) is 0. The van der Waals surface area contributed by atoms with Crippen LogP contribution in [0.3, 0.4) is 0 Å². The third kappa shape index (κ3) is 5.10. The van der Waals surface area contributed by atoms with Crippen LogP contribution in [0.4, 0.5) is 11.4 Å². The molecule has 0 saturated heterocycles. The molecule has 0 fully saturated rings. The topological polar surface area (TPSA) is 139 Å². The largest absolute Gasteiger partial charge is 0.462 e. The SMILES string of the molecule is CCCOC(=O)c1ccccc1C(=O)OCc1cc([N+](=O)[O-])cc([N+](=O)[O-])c1. The van der Waals surface area contributed by atoms with E-state index >= 15 is 0 Å². The lowest BCUT2D eigenvalue weighted by Crippen LogP contribution is -2.14. The molecule has 2 aromatic rings. The Morgan fingerprint density at radius 2 is 1.39 bits per heavy atom. The van der Waals surface area contributed by atoms with Crippen LogP contribution in [-0.2, 0) is 16.1 Å². The predicted octanol–water partition coefficient (Wildman–Crippen LogP) is 3.43. The summed E-state index contributed by atoms with van der Waals surface area (Å²) < 4.78 is 10.1. The van der Waals surface area contributed by atoms with Crippen molar-refractivity contribution in [3.8, 4) is 0 Å². The summed E-state index contributed by atoms with van der Waals surface area (Å²) in [6, 6.07) is 8.83. The molecule has 0 spiro atoms. The van der Waals surface area contributed by atoms with Gasteiger partial charge in [-0.1, -0.05) is 19.1 Å². The second-order valence-electron chi connectivity index (χ2n) is 5.63. The minimum absolute atomic E-state index is 0.0194. The monoisotopic (exact) mass is 388 g/mol. The number of carbonyl (C=O) groups excluding carboxylic acids is 2. The van der Waals surface area contributed by atoms with E-state index in [0.717, 1.165) is 18.2 Å². The molecule has 0 unspecified atom stereocenters. The van der Waals surface area contributed by atoms with Gasteiger partial charge in [-0.05, 0) is 18.6 Å². The molecule has 0 bridgehead atoms. The number of carbonyl (C=O) groups is 2. The molecule has 0 amide bonds. The van der Waals surface area contributed by atoms with Gasteiger partial charge in [-0.3, -0.25) is 20.2 Å². The summed E-state index contributed by atoms with van der Waals surface area (Å²) in [5, 5.41) is 21.8. The van der Waals surface area contributed by atoms with Gasteiger partial charge in [0.25, 0.3) is 11.4 Å². The van der Waals surface area contributed by atoms with Crippen LogP contribution in [0.25, 0.3) is 0 Å². The first-order valence-corrected chi connectivity index (χ1v) is 8.19. The average Bonchev–Trinajstić information content (AvgIpc) is 2.69. The van der Waals surface area contributed by atoms with E-state index in [1.54, 1.807) is 6.07 Å². The summed E-state index contributed by atoms with van der Waals surface area (Å²) >= 11 is 0. The Morgan fingerprint density at radius 3 is 1.86 bits per heavy atom. The van der Waals surface area contributed by atoms with Crippen LogP contribution >= 0.6 is 0 Å². The van der Waals surface area contributed by atoms with Crippen molar-refractivity contribution in [3.63, 3.8) is 0 Å². The Kier molecular flexibility index (Phi) is 6.74. The molecule has 0 aliphatic carbocycles. The zero-order valence-electron chi connectivity index (χ0n) is 14.8. The number of rotatable bonds is 8. The van der Waals surface area contributed by atoms with E-state index in [4.69, 9.17) is 9.47 Å². The van der Waals surface area contributed by atoms with Gasteiger partial charge in [-0.25, -0.2) is 9.59 Å². The van der Waals surface area contributed by atoms with Crippen molar-refractivity contribution in [2.75, 3.05) is 6.61 Å². The van der Waals surface area contributed by atoms with Crippen LogP contribution in [0.2, 0.25) is 0 Å². The van der Waals surface area contributed by atoms with E-state index in [2.05, 4.69) is 0 Å². The molecule has 0 atom stereocenters. The first-order valence-electron chi connectivity index (χ1n) is 8.19. The van der Waals surface area contributed by atoms with Crippen molar-refractivity contribution >= 4 is 23.3 Å². The first kappa shape index (κ1) is 20.5. The van der Waals surface area contributed by atoms with Gasteiger partial charge >= 0.3 is 11.9 Å². The summed E-state index contributed by atoms with van der Waals surface area (Å²) in [5.74, 6) is -1.54. The molecule has 0 aliphatic rings. The lowest BCUT2D eigenvalue weighted by molar-refractivity contribution is -0.394. The smallest absolute Gasteiger partial charge is 0.339 e. The molecule has 2 aromatic carbocycles. The zero-order valence-corrected chi connectivity index (χ0v) is 14.8. The molecular weight excluding hydrogens is 372 g/mol. The van der Waals surface area contributed by atoms with Gasteiger partial charge in [0.05, 0.1) is 33.6 Å². The summed E-state index contributed by atoms with van der Waals surface area (Å²) in [4.78, 5) is 44.7. The molecule has 2 rings (SSSR count). The van der Waals surface area contributed by atoms with Gasteiger partial charge < -0.3 is 9.47 Å². The third-order valence-corrected chi connectivity index (χ3v) is 3.56. The van der Waals surface area contributed by atoms with Crippen molar-refractivity contribution < 1.29 is 28.9 Å². The zero-order chi connectivity index (χ0) is 20.7. The highest BCUT2D eigenvalue weighted by atomic mass is 16.6. The van der Waals surface area contributed by atoms with Gasteiger partial charge in [0, 0.05) is 17.7 Å². The number of nitro benzene ring substituents is 2. The molecule has 0 N–H and O–H groups in total. The van der Waals surface area contributed by atoms with Gasteiger partial charge in [-0.2, -0.15) is 0 Å². The maximum atomic E-state index is 12.4. The Hall–Kier alpha value is -3.82. The van der Waals surface area contributed by atoms with Crippen LogP contribution in [0, 0.1) is 20.2 Å². The molecule has 146 valence electrons. The van der Waals surface area contributed by atoms with Crippen molar-refractivity contribution in [1.29, 1.82) is 0 Å². The highest BCUT2D eigenvalue weighted by Crippen LogP contribution is 2.23. The molecule has 0 saturated carbocycles. The van der Waals surface area contributed by atoms with Crippen LogP contribution in [0.15, 0.2) is 42.5 Å². The van der Waals surface area contributed by atoms with E-state index in [1.165, 1.54) is 18.2 Å². The van der Waals surface area contributed by atoms with Crippen molar-refractivity contribution in [2.24, 2.45) is 0 Å². The van der Waals surface area contributed by atoms with E-state index in [9.17, 15) is 29.8 Å². The Balaban J connectivity index is 2.20. The minimum Gasteiger partial charge on any atom is -0.462 e. The first-order chi connectivity index (χ1) is 13.3. The predicted molar refractivity (Wildman–Crippen MR) is 95.9 cm³/mol. The fraction of sp³-hybridized carbons (Fsp3) is 0.222. The Bertz CT molecular complexity index is 893. The molecule has 0 aromatic heterocycles. The van der Waals surface area contributed by atoms with Gasteiger partial charge in [0.1, 0.15) is 6.61 Å². The van der Waals surface area contributed by atoms with Crippen molar-refractivity contribution in [2.45, 2.75) is 20.0 Å². The second-order valence-corrected chi connectivity index (χ2v) is 5.63. The standard InChI is InChI=1S/C18H16N2O8/c1-2-7-27-17(21)15-5-3-4-6-16(15)18(22)28-11-12-8-13(19(23)24)10-14(9-12)20(25)26/h3-6,8-10H,2,7,11H2,1H3. The number of ether oxygens (including phenoxy) is 2. The third-order valence-electron chi connectivity index (χ3n) is 3.56. The highest BCUT2D eigenvalue weighted by Gasteiger charge is 2.21. The number of nitrogens with zero attached hydrogens (tertiary/aromatic N) is 2. The Morgan fingerprint density at radius 1 is 0.893 bits per heavy atom. The fourth-order valence-corrected chi connectivity index (χ4v) is 2.29. The summed E-state index contributed by atoms with van der Waals surface area (Å²) in [6.45, 7) is 1.57. The lowest BCUT2D eigenvalue weighted by atomic mass is 10.1. The molecule has 28 heavy (non-hydrogen) atoms. The minimum atomic E-state index is -0.863.